The lowest BCUT2D eigenvalue weighted by atomic mass is 9.95. The lowest BCUT2D eigenvalue weighted by Gasteiger charge is -2.22. The van der Waals surface area contributed by atoms with Crippen LogP contribution in [0.3, 0.4) is 0 Å². The van der Waals surface area contributed by atoms with Crippen LogP contribution in [0.4, 0.5) is 0 Å². The third-order valence-electron chi connectivity index (χ3n) is 4.58. The number of aryl methyl sites for hydroxylation is 1. The van der Waals surface area contributed by atoms with Crippen molar-refractivity contribution in [2.24, 2.45) is 0 Å². The predicted molar refractivity (Wildman–Crippen MR) is 83.9 cm³/mol. The molecule has 0 radical (unpaired) electrons. The van der Waals surface area contributed by atoms with Gasteiger partial charge in [-0.15, -0.1) is 0 Å². The minimum atomic E-state index is 0.364. The van der Waals surface area contributed by atoms with Gasteiger partial charge in [0.1, 0.15) is 5.75 Å². The number of phenolic OH excluding ortho intramolecular Hbond substituents is 1. The van der Waals surface area contributed by atoms with E-state index in [-0.39, 0.29) is 0 Å². The van der Waals surface area contributed by atoms with Crippen LogP contribution < -0.4 is 5.32 Å². The van der Waals surface area contributed by atoms with Crippen molar-refractivity contribution in [1.82, 2.24) is 0 Å². The molecule has 1 saturated carbocycles. The third kappa shape index (κ3) is 5.54. The van der Waals surface area contributed by atoms with Gasteiger partial charge in [-0.05, 0) is 56.7 Å². The minimum absolute atomic E-state index is 0.364. The van der Waals surface area contributed by atoms with E-state index < -0.39 is 0 Å². The van der Waals surface area contributed by atoms with Crippen LogP contribution in [0.2, 0.25) is 0 Å². The maximum atomic E-state index is 9.29. The van der Waals surface area contributed by atoms with Crippen LogP contribution in [-0.2, 0) is 6.42 Å². The summed E-state index contributed by atoms with van der Waals surface area (Å²) in [6.07, 6.45) is 12.3. The molecule has 1 atom stereocenters. The highest BCUT2D eigenvalue weighted by Gasteiger charge is 2.17. The maximum Gasteiger partial charge on any atom is 0.115 e. The molecule has 20 heavy (non-hydrogen) atoms. The topological polar surface area (TPSA) is 36.8 Å². The summed E-state index contributed by atoms with van der Waals surface area (Å²) < 4.78 is 0. The Morgan fingerprint density at radius 1 is 1.05 bits per heavy atom. The molecule has 0 heterocycles. The molecule has 2 nitrogen and oxygen atoms in total. The van der Waals surface area contributed by atoms with Crippen LogP contribution in [0, 0.1) is 0 Å². The number of nitrogens with two attached hydrogens (primary N) is 1. The van der Waals surface area contributed by atoms with Gasteiger partial charge in [0.2, 0.25) is 0 Å². The number of rotatable bonds is 5. The van der Waals surface area contributed by atoms with E-state index in [0.717, 1.165) is 12.5 Å². The van der Waals surface area contributed by atoms with Gasteiger partial charge in [-0.2, -0.15) is 0 Å². The van der Waals surface area contributed by atoms with Crippen molar-refractivity contribution >= 4 is 0 Å². The molecular formula is C18H30NO+. The number of hydrogen-bond donors (Lipinski definition) is 2. The summed E-state index contributed by atoms with van der Waals surface area (Å²) in [5, 5.41) is 11.9. The molecule has 0 bridgehead atoms. The predicted octanol–water partition coefficient (Wildman–Crippen LogP) is 3.39. The Hall–Kier alpha value is -1.02. The number of phenols is 1. The van der Waals surface area contributed by atoms with Gasteiger partial charge in [0.25, 0.3) is 0 Å². The van der Waals surface area contributed by atoms with E-state index in [1.54, 1.807) is 12.1 Å². The molecule has 1 aromatic rings. The monoisotopic (exact) mass is 276 g/mol. The normalized spacial score (nSPS) is 19.2. The Morgan fingerprint density at radius 3 is 2.30 bits per heavy atom. The first-order valence-electron chi connectivity index (χ1n) is 8.37. The second-order valence-electron chi connectivity index (χ2n) is 6.48. The molecule has 0 spiro atoms. The number of benzene rings is 1. The molecule has 0 saturated heterocycles. The highest BCUT2D eigenvalue weighted by molar-refractivity contribution is 5.25. The summed E-state index contributed by atoms with van der Waals surface area (Å²) >= 11 is 0. The van der Waals surface area contributed by atoms with Crippen LogP contribution in [0.15, 0.2) is 24.3 Å². The quantitative estimate of drug-likeness (QED) is 0.850. The van der Waals surface area contributed by atoms with E-state index in [1.807, 2.05) is 12.1 Å². The van der Waals surface area contributed by atoms with E-state index >= 15 is 0 Å². The minimum Gasteiger partial charge on any atom is -0.508 e. The average Bonchev–Trinajstić information content (AvgIpc) is 2.41. The van der Waals surface area contributed by atoms with E-state index in [2.05, 4.69) is 12.2 Å². The standard InChI is InChI=1S/C18H29NO/c1-15(9-10-16-11-13-18(20)14-12-16)19-17-7-5-3-2-4-6-8-17/h11-15,17,19-20H,2-10H2,1H3/p+1/t15-/m0/s1. The Bertz CT molecular complexity index is 366. The molecule has 2 heteroatoms. The van der Waals surface area contributed by atoms with Crippen LogP contribution in [0.1, 0.15) is 63.9 Å². The fraction of sp³-hybridized carbons (Fsp3) is 0.667. The van der Waals surface area contributed by atoms with Crippen LogP contribution >= 0.6 is 0 Å². The first-order chi connectivity index (χ1) is 9.74. The lowest BCUT2D eigenvalue weighted by Crippen LogP contribution is -2.94. The fourth-order valence-corrected chi connectivity index (χ4v) is 3.30. The molecule has 1 aliphatic rings. The first-order valence-corrected chi connectivity index (χ1v) is 8.37. The van der Waals surface area contributed by atoms with Crippen LogP contribution in [0.25, 0.3) is 0 Å². The summed E-state index contributed by atoms with van der Waals surface area (Å²) in [5.74, 6) is 0.364. The summed E-state index contributed by atoms with van der Waals surface area (Å²) in [6, 6.07) is 9.21. The largest absolute Gasteiger partial charge is 0.508 e. The number of hydrogen-bond acceptors (Lipinski definition) is 1. The molecule has 1 fully saturated rings. The second-order valence-corrected chi connectivity index (χ2v) is 6.48. The Labute approximate surface area is 123 Å². The molecule has 0 aliphatic heterocycles. The Balaban J connectivity index is 1.71. The molecule has 3 N–H and O–H groups in total. The zero-order chi connectivity index (χ0) is 14.2. The van der Waals surface area contributed by atoms with Gasteiger partial charge in [0.15, 0.2) is 0 Å². The Kier molecular flexibility index (Phi) is 6.38. The second kappa shape index (κ2) is 8.31. The van der Waals surface area contributed by atoms with Crippen molar-refractivity contribution in [3.63, 3.8) is 0 Å². The Morgan fingerprint density at radius 2 is 1.65 bits per heavy atom. The van der Waals surface area contributed by atoms with E-state index in [0.29, 0.717) is 11.8 Å². The summed E-state index contributed by atoms with van der Waals surface area (Å²) in [5.41, 5.74) is 1.33. The highest BCUT2D eigenvalue weighted by Crippen LogP contribution is 2.15. The van der Waals surface area contributed by atoms with Crippen molar-refractivity contribution < 1.29 is 10.4 Å². The molecule has 112 valence electrons. The zero-order valence-electron chi connectivity index (χ0n) is 12.9. The highest BCUT2D eigenvalue weighted by atomic mass is 16.3. The lowest BCUT2D eigenvalue weighted by molar-refractivity contribution is -0.720. The molecule has 1 aliphatic carbocycles. The fourth-order valence-electron chi connectivity index (χ4n) is 3.30. The van der Waals surface area contributed by atoms with Gasteiger partial charge in [-0.25, -0.2) is 0 Å². The zero-order valence-corrected chi connectivity index (χ0v) is 12.9. The SMILES string of the molecule is C[C@@H](CCc1ccc(O)cc1)[NH2+]C1CCCCCCC1. The first kappa shape index (κ1) is 15.4. The van der Waals surface area contributed by atoms with Crippen molar-refractivity contribution in [3.8, 4) is 5.75 Å². The van der Waals surface area contributed by atoms with Gasteiger partial charge in [0, 0.05) is 6.42 Å². The van der Waals surface area contributed by atoms with Crippen molar-refractivity contribution in [1.29, 1.82) is 0 Å². The van der Waals surface area contributed by atoms with Gasteiger partial charge in [0.05, 0.1) is 12.1 Å². The van der Waals surface area contributed by atoms with Gasteiger partial charge in [-0.1, -0.05) is 31.4 Å². The van der Waals surface area contributed by atoms with Crippen LogP contribution in [0.5, 0.6) is 5.75 Å². The summed E-state index contributed by atoms with van der Waals surface area (Å²) in [7, 11) is 0. The van der Waals surface area contributed by atoms with Crippen LogP contribution in [-0.4, -0.2) is 17.2 Å². The smallest absolute Gasteiger partial charge is 0.115 e. The molecule has 0 amide bonds. The molecule has 0 unspecified atom stereocenters. The maximum absolute atomic E-state index is 9.29. The summed E-state index contributed by atoms with van der Waals surface area (Å²) in [4.78, 5) is 0. The number of aromatic hydroxyl groups is 1. The van der Waals surface area contributed by atoms with E-state index in [1.165, 1.54) is 56.9 Å². The number of quaternary nitrogens is 1. The third-order valence-corrected chi connectivity index (χ3v) is 4.58. The molecular weight excluding hydrogens is 246 g/mol. The van der Waals surface area contributed by atoms with Crippen molar-refractivity contribution in [3.05, 3.63) is 29.8 Å². The van der Waals surface area contributed by atoms with E-state index in [4.69, 9.17) is 0 Å². The van der Waals surface area contributed by atoms with E-state index in [9.17, 15) is 5.11 Å². The molecule has 2 rings (SSSR count). The van der Waals surface area contributed by atoms with Gasteiger partial charge >= 0.3 is 0 Å². The summed E-state index contributed by atoms with van der Waals surface area (Å²) in [6.45, 7) is 2.36. The molecule has 0 aromatic heterocycles. The van der Waals surface area contributed by atoms with Gasteiger partial charge in [-0.3, -0.25) is 0 Å². The average molecular weight is 276 g/mol. The van der Waals surface area contributed by atoms with Gasteiger partial charge < -0.3 is 10.4 Å². The van der Waals surface area contributed by atoms with Crippen molar-refractivity contribution in [2.45, 2.75) is 76.8 Å². The van der Waals surface area contributed by atoms with Crippen molar-refractivity contribution in [2.75, 3.05) is 0 Å². The molecule has 1 aromatic carbocycles.